The Labute approximate surface area is 257 Å². The Bertz CT molecular complexity index is 1290. The van der Waals surface area contributed by atoms with Crippen LogP contribution in [0.25, 0.3) is 0 Å². The molecule has 4 atom stereocenters. The summed E-state index contributed by atoms with van der Waals surface area (Å²) in [5.74, 6) is -3.27. The number of halogens is 1. The van der Waals surface area contributed by atoms with Crippen LogP contribution in [0.3, 0.4) is 0 Å². The second-order valence-corrected chi connectivity index (χ2v) is 13.9. The van der Waals surface area contributed by atoms with Crippen molar-refractivity contribution in [2.24, 2.45) is 28.6 Å². The number of amides is 2. The molecule has 3 N–H and O–H groups in total. The van der Waals surface area contributed by atoms with Crippen LogP contribution < -0.4 is 20.1 Å². The van der Waals surface area contributed by atoms with Crippen LogP contribution in [-0.2, 0) is 19.1 Å². The van der Waals surface area contributed by atoms with Gasteiger partial charge in [-0.2, -0.15) is 0 Å². The molecule has 2 amide bonds. The highest BCUT2D eigenvalue weighted by Crippen LogP contribution is 2.49. The van der Waals surface area contributed by atoms with Crippen molar-refractivity contribution in [3.8, 4) is 11.5 Å². The molecule has 1 aromatic carbocycles. The molecule has 0 unspecified atom stereocenters. The van der Waals surface area contributed by atoms with Crippen LogP contribution in [0.4, 0.5) is 4.39 Å². The molecule has 10 nitrogen and oxygen atoms in total. The fraction of sp³-hybridized carbons (Fsp3) is 0.697. The van der Waals surface area contributed by atoms with Gasteiger partial charge in [0.05, 0.1) is 30.8 Å². The summed E-state index contributed by atoms with van der Waals surface area (Å²) in [4.78, 5) is 51.4. The van der Waals surface area contributed by atoms with Crippen molar-refractivity contribution in [2.45, 2.75) is 103 Å². The van der Waals surface area contributed by atoms with Gasteiger partial charge in [0, 0.05) is 18.7 Å². The van der Waals surface area contributed by atoms with Crippen molar-refractivity contribution in [2.75, 3.05) is 13.7 Å². The average Bonchev–Trinajstić information content (AvgIpc) is 3.58. The van der Waals surface area contributed by atoms with E-state index in [0.29, 0.717) is 6.54 Å². The molecule has 11 heteroatoms. The zero-order valence-electron chi connectivity index (χ0n) is 26.1. The molecule has 4 aliphatic carbocycles. The number of hydrogen-bond donors (Lipinski definition) is 3. The van der Waals surface area contributed by atoms with Gasteiger partial charge in [-0.3, -0.25) is 19.2 Å². The number of carboxylic acid groups (broad SMARTS) is 1. The molecule has 44 heavy (non-hydrogen) atoms. The van der Waals surface area contributed by atoms with Gasteiger partial charge in [0.1, 0.15) is 5.75 Å². The lowest BCUT2D eigenvalue weighted by molar-refractivity contribution is -0.170. The largest absolute Gasteiger partial charge is 0.490 e. The average molecular weight is 617 g/mol. The maximum Gasteiger partial charge on any atom is 0.323 e. The standard InChI is InChI=1S/C33H45FN2O8/c1-18(2)43-24-16-23(34)25(44-21-8-12-33(13-9-21,30(39)40)31(41)42-4)15-22(24)28(37)36-27-20-7-6-19(14-20)26(27)29(38)35-17-32(3)10-5-11-32/h15-16,18-21,26-27H,5-14,17H2,1-4H3,(H,35,38)(H,36,37)(H,39,40)/t19-,20+,21-,26+,27-,33-/m1/s1. The highest BCUT2D eigenvalue weighted by Gasteiger charge is 2.52. The van der Waals surface area contributed by atoms with Gasteiger partial charge in [0.25, 0.3) is 5.91 Å². The van der Waals surface area contributed by atoms with Crippen molar-refractivity contribution < 1.29 is 42.9 Å². The van der Waals surface area contributed by atoms with Crippen molar-refractivity contribution in [3.05, 3.63) is 23.5 Å². The van der Waals surface area contributed by atoms with E-state index in [1.54, 1.807) is 13.8 Å². The molecule has 0 aliphatic heterocycles. The first kappa shape index (κ1) is 32.0. The minimum Gasteiger partial charge on any atom is -0.490 e. The SMILES string of the molecule is COC(=O)[C@]1(C(=O)O)CC[C@@H](Oc2cc(C(=O)N[C@@H]3[C@H]4CC[C@H](C4)[C@@H]3C(=O)NCC3(C)CCC3)c(OC(C)C)cc2F)CC1. The van der Waals surface area contributed by atoms with Crippen LogP contribution in [-0.4, -0.2) is 60.8 Å². The monoisotopic (exact) mass is 616 g/mol. The quantitative estimate of drug-likeness (QED) is 0.242. The van der Waals surface area contributed by atoms with Gasteiger partial charge in [-0.15, -0.1) is 0 Å². The van der Waals surface area contributed by atoms with Crippen molar-refractivity contribution in [3.63, 3.8) is 0 Å². The summed E-state index contributed by atoms with van der Waals surface area (Å²) >= 11 is 0. The van der Waals surface area contributed by atoms with Crippen LogP contribution in [0.15, 0.2) is 12.1 Å². The number of carboxylic acids is 1. The summed E-state index contributed by atoms with van der Waals surface area (Å²) < 4.78 is 31.8. The van der Waals surface area contributed by atoms with E-state index in [-0.39, 0.29) is 84.0 Å². The first-order valence-electron chi connectivity index (χ1n) is 15.9. The zero-order chi connectivity index (χ0) is 31.8. The van der Waals surface area contributed by atoms with Gasteiger partial charge in [0.2, 0.25) is 5.91 Å². The first-order chi connectivity index (χ1) is 20.9. The summed E-state index contributed by atoms with van der Waals surface area (Å²) in [6.45, 7) is 6.39. The van der Waals surface area contributed by atoms with Gasteiger partial charge in [0.15, 0.2) is 17.0 Å². The second kappa shape index (κ2) is 12.6. The fourth-order valence-electron chi connectivity index (χ4n) is 7.72. The van der Waals surface area contributed by atoms with E-state index in [2.05, 4.69) is 17.6 Å². The number of esters is 1. The Morgan fingerprint density at radius 2 is 1.70 bits per heavy atom. The normalized spacial score (nSPS) is 30.3. The van der Waals surface area contributed by atoms with Crippen LogP contribution in [0.2, 0.25) is 0 Å². The van der Waals surface area contributed by atoms with Gasteiger partial charge in [-0.05, 0) is 95.0 Å². The lowest BCUT2D eigenvalue weighted by atomic mass is 9.70. The van der Waals surface area contributed by atoms with E-state index in [1.165, 1.54) is 12.5 Å². The smallest absolute Gasteiger partial charge is 0.323 e. The van der Waals surface area contributed by atoms with Crippen LogP contribution in [0, 0.1) is 34.4 Å². The lowest BCUT2D eigenvalue weighted by Gasteiger charge is -2.39. The minimum atomic E-state index is -1.66. The number of carbonyl (C=O) groups excluding carboxylic acids is 3. The molecule has 0 aromatic heterocycles. The van der Waals surface area contributed by atoms with Gasteiger partial charge < -0.3 is 30.0 Å². The Morgan fingerprint density at radius 3 is 2.30 bits per heavy atom. The fourth-order valence-corrected chi connectivity index (χ4v) is 7.72. The summed E-state index contributed by atoms with van der Waals surface area (Å²) in [5.41, 5.74) is -1.41. The molecular formula is C33H45FN2O8. The third-order valence-corrected chi connectivity index (χ3v) is 10.5. The number of nitrogens with one attached hydrogen (secondary N) is 2. The summed E-state index contributed by atoms with van der Waals surface area (Å²) in [5, 5.41) is 16.0. The zero-order valence-corrected chi connectivity index (χ0v) is 26.1. The Hall–Kier alpha value is -3.37. The molecular weight excluding hydrogens is 571 g/mol. The molecule has 0 saturated heterocycles. The highest BCUT2D eigenvalue weighted by atomic mass is 19.1. The predicted molar refractivity (Wildman–Crippen MR) is 158 cm³/mol. The second-order valence-electron chi connectivity index (χ2n) is 13.9. The van der Waals surface area contributed by atoms with E-state index in [1.807, 2.05) is 0 Å². The van der Waals surface area contributed by atoms with Gasteiger partial charge >= 0.3 is 11.9 Å². The molecule has 0 spiro atoms. The number of ether oxygens (including phenoxy) is 3. The predicted octanol–water partition coefficient (Wildman–Crippen LogP) is 4.63. The number of rotatable bonds is 11. The van der Waals surface area contributed by atoms with E-state index >= 15 is 4.39 Å². The molecule has 1 aromatic rings. The summed E-state index contributed by atoms with van der Waals surface area (Å²) in [6, 6.07) is 2.12. The van der Waals surface area contributed by atoms with Crippen molar-refractivity contribution in [1.29, 1.82) is 0 Å². The van der Waals surface area contributed by atoms with Crippen molar-refractivity contribution >= 4 is 23.8 Å². The maximum atomic E-state index is 15.3. The Balaban J connectivity index is 1.32. The van der Waals surface area contributed by atoms with E-state index in [0.717, 1.165) is 45.3 Å². The minimum absolute atomic E-state index is 0.0147. The van der Waals surface area contributed by atoms with E-state index < -0.39 is 35.2 Å². The van der Waals surface area contributed by atoms with Crippen LogP contribution in [0.5, 0.6) is 11.5 Å². The number of benzene rings is 1. The number of hydrogen-bond acceptors (Lipinski definition) is 7. The molecule has 242 valence electrons. The Kier molecular flexibility index (Phi) is 9.14. The summed E-state index contributed by atoms with van der Waals surface area (Å²) in [6.07, 6.45) is 5.62. The molecule has 0 heterocycles. The maximum absolute atomic E-state index is 15.3. The van der Waals surface area contributed by atoms with Crippen LogP contribution in [0.1, 0.15) is 95.3 Å². The Morgan fingerprint density at radius 1 is 1.02 bits per heavy atom. The lowest BCUT2D eigenvalue weighted by Crippen LogP contribution is -2.51. The molecule has 0 radical (unpaired) electrons. The topological polar surface area (TPSA) is 140 Å². The molecule has 4 fully saturated rings. The third-order valence-electron chi connectivity index (χ3n) is 10.5. The highest BCUT2D eigenvalue weighted by molar-refractivity contribution is 5.99. The number of carbonyl (C=O) groups is 4. The van der Waals surface area contributed by atoms with Crippen LogP contribution >= 0.6 is 0 Å². The number of methoxy groups -OCH3 is 1. The third kappa shape index (κ3) is 6.24. The van der Waals surface area contributed by atoms with Gasteiger partial charge in [-0.25, -0.2) is 4.39 Å². The molecule has 4 aliphatic rings. The van der Waals surface area contributed by atoms with Crippen molar-refractivity contribution in [1.82, 2.24) is 10.6 Å². The van der Waals surface area contributed by atoms with Gasteiger partial charge in [-0.1, -0.05) is 13.3 Å². The molecule has 2 bridgehead atoms. The molecule has 5 rings (SSSR count). The first-order valence-corrected chi connectivity index (χ1v) is 15.9. The number of aliphatic carboxylic acids is 1. The summed E-state index contributed by atoms with van der Waals surface area (Å²) in [7, 11) is 1.15. The molecule has 4 saturated carbocycles. The van der Waals surface area contributed by atoms with E-state index in [9.17, 15) is 24.3 Å². The van der Waals surface area contributed by atoms with E-state index in [4.69, 9.17) is 14.2 Å². The number of fused-ring (bicyclic) bond motifs is 2.